The lowest BCUT2D eigenvalue weighted by Gasteiger charge is -2.40. The number of thioether (sulfide) groups is 2. The monoisotopic (exact) mass is 450 g/mol. The highest BCUT2D eigenvalue weighted by Gasteiger charge is 2.55. The molecular formula is C24H14N6S2. The van der Waals surface area contributed by atoms with E-state index in [9.17, 15) is 10.5 Å². The topological polar surface area (TPSA) is 82.1 Å². The Balaban J connectivity index is 1.86. The van der Waals surface area contributed by atoms with Crippen molar-refractivity contribution in [1.82, 2.24) is 9.97 Å². The van der Waals surface area contributed by atoms with Crippen molar-refractivity contribution in [2.45, 2.75) is 46.2 Å². The second kappa shape index (κ2) is 7.54. The molecule has 8 heteroatoms. The van der Waals surface area contributed by atoms with E-state index in [0.29, 0.717) is 0 Å². The maximum absolute atomic E-state index is 9.86. The molecule has 0 bridgehead atoms. The summed E-state index contributed by atoms with van der Waals surface area (Å²) in [5, 5.41) is 20.9. The summed E-state index contributed by atoms with van der Waals surface area (Å²) in [6.07, 6.45) is 0. The highest BCUT2D eigenvalue weighted by molar-refractivity contribution is 8.01. The molecule has 0 spiro atoms. The van der Waals surface area contributed by atoms with Gasteiger partial charge in [0.1, 0.15) is 10.1 Å². The van der Waals surface area contributed by atoms with Crippen molar-refractivity contribution in [2.24, 2.45) is 0 Å². The van der Waals surface area contributed by atoms with Gasteiger partial charge in [0.25, 0.3) is 11.4 Å². The number of aromatic nitrogens is 2. The van der Waals surface area contributed by atoms with E-state index in [0.717, 1.165) is 43.7 Å². The lowest BCUT2D eigenvalue weighted by molar-refractivity contribution is 0.614. The van der Waals surface area contributed by atoms with Crippen LogP contribution >= 0.6 is 23.5 Å². The van der Waals surface area contributed by atoms with Crippen molar-refractivity contribution in [3.05, 3.63) is 92.2 Å². The number of allylic oxidation sites excluding steroid dienone is 2. The van der Waals surface area contributed by atoms with Gasteiger partial charge in [-0.15, -0.1) is 0 Å². The van der Waals surface area contributed by atoms with Crippen molar-refractivity contribution in [3.8, 4) is 12.1 Å². The quantitative estimate of drug-likeness (QED) is 0.399. The van der Waals surface area contributed by atoms with Crippen LogP contribution < -0.4 is 0 Å². The van der Waals surface area contributed by atoms with Crippen molar-refractivity contribution < 1.29 is 0 Å². The highest BCUT2D eigenvalue weighted by atomic mass is 32.2. The summed E-state index contributed by atoms with van der Waals surface area (Å²) in [4.78, 5) is 16.6. The fraction of sp³-hybridized carbons (Fsp3) is 0.250. The van der Waals surface area contributed by atoms with Crippen LogP contribution in [0.15, 0.2) is 56.9 Å². The van der Waals surface area contributed by atoms with Gasteiger partial charge in [0.15, 0.2) is 0 Å². The van der Waals surface area contributed by atoms with Crippen molar-refractivity contribution in [2.75, 3.05) is 0 Å². The predicted octanol–water partition coefficient (Wildman–Crippen LogP) is 5.32. The maximum atomic E-state index is 9.86. The molecule has 4 heterocycles. The Hall–Kier alpha value is -3.56. The van der Waals surface area contributed by atoms with Gasteiger partial charge in [0.2, 0.25) is 0 Å². The van der Waals surface area contributed by atoms with Gasteiger partial charge in [-0.1, -0.05) is 35.7 Å². The van der Waals surface area contributed by atoms with E-state index in [1.807, 2.05) is 38.1 Å². The smallest absolute Gasteiger partial charge is 0.246 e. The predicted molar refractivity (Wildman–Crippen MR) is 121 cm³/mol. The molecule has 152 valence electrons. The molecule has 0 amide bonds. The Morgan fingerprint density at radius 3 is 1.56 bits per heavy atom. The summed E-state index contributed by atoms with van der Waals surface area (Å²) in [7, 11) is 0. The second-order valence-electron chi connectivity index (χ2n) is 7.78. The first kappa shape index (κ1) is 20.3. The first-order valence-electron chi connectivity index (χ1n) is 9.84. The number of aryl methyl sites for hydroxylation is 2. The fourth-order valence-corrected chi connectivity index (χ4v) is 7.99. The van der Waals surface area contributed by atoms with Crippen LogP contribution in [0.4, 0.5) is 0 Å². The molecule has 0 saturated heterocycles. The first-order valence-corrected chi connectivity index (χ1v) is 11.6. The highest BCUT2D eigenvalue weighted by Crippen LogP contribution is 2.65. The minimum atomic E-state index is -0.281. The number of nitrogens with zero attached hydrogens (tertiary/aromatic N) is 6. The average molecular weight is 451 g/mol. The minimum Gasteiger partial charge on any atom is -0.246 e. The van der Waals surface area contributed by atoms with E-state index in [2.05, 4.69) is 21.8 Å². The molecular weight excluding hydrogens is 436 g/mol. The molecule has 0 radical (unpaired) electrons. The van der Waals surface area contributed by atoms with Gasteiger partial charge in [0, 0.05) is 33.7 Å². The van der Waals surface area contributed by atoms with Gasteiger partial charge in [-0.3, -0.25) is 0 Å². The molecule has 0 aromatic carbocycles. The van der Waals surface area contributed by atoms with Crippen molar-refractivity contribution >= 4 is 23.5 Å². The molecule has 3 aliphatic rings. The Morgan fingerprint density at radius 2 is 1.22 bits per heavy atom. The van der Waals surface area contributed by atoms with E-state index in [-0.39, 0.29) is 33.7 Å². The lowest BCUT2D eigenvalue weighted by atomic mass is 9.69. The molecule has 2 aromatic heterocycles. The van der Waals surface area contributed by atoms with E-state index >= 15 is 0 Å². The molecule has 4 atom stereocenters. The number of pyridine rings is 2. The average Bonchev–Trinajstić information content (AvgIpc) is 3.33. The summed E-state index contributed by atoms with van der Waals surface area (Å²) in [5.41, 5.74) is 5.36. The molecule has 5 rings (SSSR count). The molecule has 0 N–H and O–H groups in total. The standard InChI is InChI=1S/C24H14N6S2/c1-11-5-7-13-17-19(15(9-25)27-3)22-18(14-8-6-12(2)30-24(14)32-22)20(16(10-26)28-4)21(17)31-23(13)29-11/h5-8,17-18,21-22H,1-2H3/b19-15-,20-16+. The minimum absolute atomic E-state index is 0.0847. The van der Waals surface area contributed by atoms with Gasteiger partial charge >= 0.3 is 0 Å². The van der Waals surface area contributed by atoms with E-state index in [4.69, 9.17) is 23.1 Å². The molecule has 1 fully saturated rings. The van der Waals surface area contributed by atoms with E-state index in [1.54, 1.807) is 0 Å². The molecule has 4 unspecified atom stereocenters. The Morgan fingerprint density at radius 1 is 0.812 bits per heavy atom. The zero-order chi connectivity index (χ0) is 22.6. The normalized spacial score (nSPS) is 27.4. The Bertz CT molecular complexity index is 1280. The molecule has 2 aromatic rings. The zero-order valence-corrected chi connectivity index (χ0v) is 18.8. The third-order valence-electron chi connectivity index (χ3n) is 6.08. The van der Waals surface area contributed by atoms with Crippen LogP contribution in [0.25, 0.3) is 9.69 Å². The summed E-state index contributed by atoms with van der Waals surface area (Å²) < 4.78 is 0. The van der Waals surface area contributed by atoms with Crippen molar-refractivity contribution in [1.29, 1.82) is 10.5 Å². The van der Waals surface area contributed by atoms with Crippen LogP contribution in [0.3, 0.4) is 0 Å². The van der Waals surface area contributed by atoms with E-state index < -0.39 is 0 Å². The summed E-state index contributed by atoms with van der Waals surface area (Å²) in [5.74, 6) is -0.563. The molecule has 1 aliphatic carbocycles. The van der Waals surface area contributed by atoms with Crippen LogP contribution in [0, 0.1) is 49.7 Å². The number of rotatable bonds is 0. The van der Waals surface area contributed by atoms with Crippen LogP contribution in [-0.4, -0.2) is 20.5 Å². The third kappa shape index (κ3) is 2.78. The SMILES string of the molecule is [C-]#[N+]/C(C#N)=C1\C2Sc3nc(C)ccc3C2/C(=C(/C#N)[N+]#[C-])C2Sc3nc(C)ccc3C12. The van der Waals surface area contributed by atoms with Gasteiger partial charge in [-0.2, -0.15) is 0 Å². The second-order valence-corrected chi connectivity index (χ2v) is 10.0. The zero-order valence-electron chi connectivity index (χ0n) is 17.1. The van der Waals surface area contributed by atoms with Gasteiger partial charge < -0.3 is 0 Å². The van der Waals surface area contributed by atoms with Crippen LogP contribution in [-0.2, 0) is 0 Å². The van der Waals surface area contributed by atoms with E-state index in [1.165, 1.54) is 23.5 Å². The van der Waals surface area contributed by atoms with Crippen LogP contribution in [0.5, 0.6) is 0 Å². The molecule has 6 nitrogen and oxygen atoms in total. The van der Waals surface area contributed by atoms with Gasteiger partial charge in [-0.05, 0) is 48.3 Å². The summed E-state index contributed by atoms with van der Waals surface area (Å²) in [6, 6.07) is 12.1. The number of nitriles is 2. The summed E-state index contributed by atoms with van der Waals surface area (Å²) in [6.45, 7) is 19.3. The third-order valence-corrected chi connectivity index (χ3v) is 8.74. The number of hydrogen-bond acceptors (Lipinski definition) is 6. The first-order chi connectivity index (χ1) is 15.5. The van der Waals surface area contributed by atoms with Gasteiger partial charge in [0.05, 0.1) is 25.3 Å². The maximum Gasteiger partial charge on any atom is 0.262 e. The Kier molecular flexibility index (Phi) is 4.79. The molecule has 2 aliphatic heterocycles. The van der Waals surface area contributed by atoms with Crippen LogP contribution in [0.2, 0.25) is 0 Å². The van der Waals surface area contributed by atoms with Gasteiger partial charge in [-0.25, -0.2) is 30.2 Å². The molecule has 1 saturated carbocycles. The van der Waals surface area contributed by atoms with Crippen LogP contribution in [0.1, 0.15) is 34.4 Å². The molecule has 32 heavy (non-hydrogen) atoms. The fourth-order valence-electron chi connectivity index (χ4n) is 4.83. The largest absolute Gasteiger partial charge is 0.262 e. The Labute approximate surface area is 194 Å². The lowest BCUT2D eigenvalue weighted by Crippen LogP contribution is -2.35. The summed E-state index contributed by atoms with van der Waals surface area (Å²) >= 11 is 3.06. The number of hydrogen-bond donors (Lipinski definition) is 0. The van der Waals surface area contributed by atoms with Crippen molar-refractivity contribution in [3.63, 3.8) is 0 Å². The number of fused-ring (bicyclic) bond motifs is 6.